The SMILES string of the molecule is CCCCCCCCCC(N)C(OC)OC. The minimum Gasteiger partial charge on any atom is -0.354 e. The predicted octanol–water partition coefficient (Wildman–Crippen LogP) is 3.07. The molecule has 16 heavy (non-hydrogen) atoms. The Balaban J connectivity index is 3.30. The monoisotopic (exact) mass is 231 g/mol. The minimum atomic E-state index is -0.250. The van der Waals surface area contributed by atoms with E-state index in [2.05, 4.69) is 6.92 Å². The third-order valence-corrected chi connectivity index (χ3v) is 2.96. The molecule has 0 fully saturated rings. The molecule has 0 bridgehead atoms. The Kier molecular flexibility index (Phi) is 11.3. The van der Waals surface area contributed by atoms with Gasteiger partial charge in [0.25, 0.3) is 0 Å². The van der Waals surface area contributed by atoms with Crippen molar-refractivity contribution in [3.8, 4) is 0 Å². The predicted molar refractivity (Wildman–Crippen MR) is 68.4 cm³/mol. The molecule has 1 unspecified atom stereocenters. The summed E-state index contributed by atoms with van der Waals surface area (Å²) in [5.41, 5.74) is 5.95. The fourth-order valence-electron chi connectivity index (χ4n) is 1.92. The minimum absolute atomic E-state index is 0.00522. The summed E-state index contributed by atoms with van der Waals surface area (Å²) in [6, 6.07) is 0.00522. The van der Waals surface area contributed by atoms with Crippen LogP contribution in [0.4, 0.5) is 0 Å². The van der Waals surface area contributed by atoms with Gasteiger partial charge in [-0.15, -0.1) is 0 Å². The van der Waals surface area contributed by atoms with E-state index in [9.17, 15) is 0 Å². The first-order valence-electron chi connectivity index (χ1n) is 6.57. The van der Waals surface area contributed by atoms with Crippen LogP contribution in [-0.4, -0.2) is 26.6 Å². The quantitative estimate of drug-likeness (QED) is 0.439. The van der Waals surface area contributed by atoms with Crippen molar-refractivity contribution in [1.82, 2.24) is 0 Å². The second-order valence-electron chi connectivity index (χ2n) is 4.41. The zero-order chi connectivity index (χ0) is 12.2. The Morgan fingerprint density at radius 2 is 1.38 bits per heavy atom. The summed E-state index contributed by atoms with van der Waals surface area (Å²) >= 11 is 0. The first-order valence-corrected chi connectivity index (χ1v) is 6.57. The maximum absolute atomic E-state index is 5.95. The van der Waals surface area contributed by atoms with Gasteiger partial charge in [0.2, 0.25) is 0 Å². The van der Waals surface area contributed by atoms with Crippen molar-refractivity contribution >= 4 is 0 Å². The average Bonchev–Trinajstić information content (AvgIpc) is 2.29. The highest BCUT2D eigenvalue weighted by Gasteiger charge is 2.15. The summed E-state index contributed by atoms with van der Waals surface area (Å²) in [6.07, 6.45) is 9.94. The van der Waals surface area contributed by atoms with E-state index in [1.54, 1.807) is 14.2 Å². The van der Waals surface area contributed by atoms with Crippen molar-refractivity contribution in [3.05, 3.63) is 0 Å². The van der Waals surface area contributed by atoms with E-state index in [1.807, 2.05) is 0 Å². The maximum Gasteiger partial charge on any atom is 0.171 e. The lowest BCUT2D eigenvalue weighted by Gasteiger charge is -2.20. The van der Waals surface area contributed by atoms with Gasteiger partial charge in [-0.25, -0.2) is 0 Å². The van der Waals surface area contributed by atoms with Crippen molar-refractivity contribution in [2.45, 2.75) is 70.6 Å². The van der Waals surface area contributed by atoms with Gasteiger partial charge >= 0.3 is 0 Å². The molecule has 98 valence electrons. The second kappa shape index (κ2) is 11.4. The third-order valence-electron chi connectivity index (χ3n) is 2.96. The molecule has 3 nitrogen and oxygen atoms in total. The van der Waals surface area contributed by atoms with E-state index >= 15 is 0 Å². The number of hydrogen-bond acceptors (Lipinski definition) is 3. The van der Waals surface area contributed by atoms with Gasteiger partial charge in [-0.1, -0.05) is 51.9 Å². The highest BCUT2D eigenvalue weighted by Crippen LogP contribution is 2.11. The number of unbranched alkanes of at least 4 members (excludes halogenated alkanes) is 6. The summed E-state index contributed by atoms with van der Waals surface area (Å²) in [5, 5.41) is 0. The number of ether oxygens (including phenoxy) is 2. The highest BCUT2D eigenvalue weighted by molar-refractivity contribution is 4.65. The van der Waals surface area contributed by atoms with E-state index in [-0.39, 0.29) is 12.3 Å². The number of rotatable bonds is 11. The summed E-state index contributed by atoms with van der Waals surface area (Å²) in [4.78, 5) is 0. The molecular formula is C13H29NO2. The summed E-state index contributed by atoms with van der Waals surface area (Å²) in [7, 11) is 3.28. The van der Waals surface area contributed by atoms with E-state index < -0.39 is 0 Å². The zero-order valence-electron chi connectivity index (χ0n) is 11.2. The number of methoxy groups -OCH3 is 2. The highest BCUT2D eigenvalue weighted by atomic mass is 16.7. The Morgan fingerprint density at radius 3 is 1.88 bits per heavy atom. The van der Waals surface area contributed by atoms with Crippen molar-refractivity contribution in [3.63, 3.8) is 0 Å². The second-order valence-corrected chi connectivity index (χ2v) is 4.41. The molecule has 2 N–H and O–H groups in total. The summed E-state index contributed by atoms with van der Waals surface area (Å²) in [5.74, 6) is 0. The average molecular weight is 231 g/mol. The van der Waals surface area contributed by atoms with Crippen molar-refractivity contribution in [2.24, 2.45) is 5.73 Å². The van der Waals surface area contributed by atoms with Gasteiger partial charge in [-0.3, -0.25) is 0 Å². The zero-order valence-corrected chi connectivity index (χ0v) is 11.2. The molecule has 0 aliphatic rings. The molecule has 0 rings (SSSR count). The van der Waals surface area contributed by atoms with Crippen molar-refractivity contribution < 1.29 is 9.47 Å². The van der Waals surface area contributed by atoms with Crippen LogP contribution in [0.15, 0.2) is 0 Å². The molecule has 1 atom stereocenters. The van der Waals surface area contributed by atoms with E-state index in [0.717, 1.165) is 6.42 Å². The molecule has 0 spiro atoms. The van der Waals surface area contributed by atoms with Crippen LogP contribution in [-0.2, 0) is 9.47 Å². The van der Waals surface area contributed by atoms with Crippen LogP contribution in [0.1, 0.15) is 58.3 Å². The summed E-state index contributed by atoms with van der Waals surface area (Å²) in [6.45, 7) is 2.24. The van der Waals surface area contributed by atoms with Crippen LogP contribution in [0.3, 0.4) is 0 Å². The maximum atomic E-state index is 5.95. The van der Waals surface area contributed by atoms with E-state index in [0.29, 0.717) is 0 Å². The molecule has 0 aliphatic carbocycles. The van der Waals surface area contributed by atoms with Gasteiger partial charge in [0.15, 0.2) is 6.29 Å². The Morgan fingerprint density at radius 1 is 0.875 bits per heavy atom. The molecule has 0 aliphatic heterocycles. The molecule has 0 heterocycles. The number of hydrogen-bond donors (Lipinski definition) is 1. The molecule has 0 aromatic carbocycles. The topological polar surface area (TPSA) is 44.5 Å². The number of nitrogens with two attached hydrogens (primary N) is 1. The molecule has 0 aromatic rings. The van der Waals surface area contributed by atoms with Crippen LogP contribution in [0.5, 0.6) is 0 Å². The van der Waals surface area contributed by atoms with Crippen LogP contribution in [0.2, 0.25) is 0 Å². The standard InChI is InChI=1S/C13H29NO2/c1-4-5-6-7-8-9-10-11-12(14)13(15-2)16-3/h12-13H,4-11,14H2,1-3H3. The molecular weight excluding hydrogens is 202 g/mol. The van der Waals surface area contributed by atoms with Gasteiger partial charge in [0.05, 0.1) is 6.04 Å². The normalized spacial score (nSPS) is 13.3. The fraction of sp³-hybridized carbons (Fsp3) is 1.00. The Labute approximate surface area is 101 Å². The molecule has 3 heteroatoms. The lowest BCUT2D eigenvalue weighted by atomic mass is 10.1. The third kappa shape index (κ3) is 8.08. The fourth-order valence-corrected chi connectivity index (χ4v) is 1.92. The molecule has 0 saturated heterocycles. The first-order chi connectivity index (χ1) is 7.76. The van der Waals surface area contributed by atoms with Crippen LogP contribution >= 0.6 is 0 Å². The van der Waals surface area contributed by atoms with Crippen LogP contribution < -0.4 is 5.73 Å². The molecule has 0 radical (unpaired) electrons. The first kappa shape index (κ1) is 15.9. The van der Waals surface area contributed by atoms with Crippen molar-refractivity contribution in [1.29, 1.82) is 0 Å². The molecule has 0 aromatic heterocycles. The smallest absolute Gasteiger partial charge is 0.171 e. The molecule has 0 amide bonds. The molecule has 0 saturated carbocycles. The van der Waals surface area contributed by atoms with Gasteiger partial charge in [-0.05, 0) is 6.42 Å². The van der Waals surface area contributed by atoms with Gasteiger partial charge < -0.3 is 15.2 Å². The Hall–Kier alpha value is -0.120. The van der Waals surface area contributed by atoms with Gasteiger partial charge in [0.1, 0.15) is 0 Å². The lowest BCUT2D eigenvalue weighted by Crippen LogP contribution is -2.37. The van der Waals surface area contributed by atoms with Gasteiger partial charge in [0, 0.05) is 14.2 Å². The largest absolute Gasteiger partial charge is 0.354 e. The van der Waals surface area contributed by atoms with Crippen molar-refractivity contribution in [2.75, 3.05) is 14.2 Å². The Bertz CT molecular complexity index is 138. The van der Waals surface area contributed by atoms with Gasteiger partial charge in [-0.2, -0.15) is 0 Å². The lowest BCUT2D eigenvalue weighted by molar-refractivity contribution is -0.117. The van der Waals surface area contributed by atoms with Crippen LogP contribution in [0.25, 0.3) is 0 Å². The van der Waals surface area contributed by atoms with Crippen LogP contribution in [0, 0.1) is 0 Å². The van der Waals surface area contributed by atoms with E-state index in [1.165, 1.54) is 44.9 Å². The van der Waals surface area contributed by atoms with E-state index in [4.69, 9.17) is 15.2 Å². The summed E-state index contributed by atoms with van der Waals surface area (Å²) < 4.78 is 10.2.